The molecule has 5 heteroatoms. The van der Waals surface area contributed by atoms with Crippen LogP contribution >= 0.6 is 0 Å². The molecule has 0 fully saturated rings. The van der Waals surface area contributed by atoms with Crippen molar-refractivity contribution in [3.05, 3.63) is 0 Å². The van der Waals surface area contributed by atoms with E-state index in [1.165, 1.54) is 0 Å². The van der Waals surface area contributed by atoms with E-state index in [-0.39, 0.29) is 0 Å². The van der Waals surface area contributed by atoms with Crippen LogP contribution in [0.2, 0.25) is 0 Å². The molecular formula is C5H7BF4. The van der Waals surface area contributed by atoms with Crippen LogP contribution < -0.4 is 0 Å². The molecule has 0 saturated carbocycles. The fourth-order valence-corrected chi connectivity index (χ4v) is 0.327. The number of hydrogen-bond donors (Lipinski definition) is 0. The van der Waals surface area contributed by atoms with Gasteiger partial charge in [-0.2, -0.15) is 13.2 Å². The molecule has 0 amide bonds. The first kappa shape index (κ1) is 9.78. The van der Waals surface area contributed by atoms with Gasteiger partial charge in [-0.15, -0.1) is 0 Å². The quantitative estimate of drug-likeness (QED) is 0.400. The van der Waals surface area contributed by atoms with Gasteiger partial charge in [0.15, 0.2) is 5.57 Å². The molecule has 1 atom stereocenters. The highest BCUT2D eigenvalue weighted by Gasteiger charge is 2.52. The summed E-state index contributed by atoms with van der Waals surface area (Å²) in [5, 5.41) is 0. The summed E-state index contributed by atoms with van der Waals surface area (Å²) in [6.07, 6.45) is -4.97. The highest BCUT2D eigenvalue weighted by Crippen LogP contribution is 2.36. The summed E-state index contributed by atoms with van der Waals surface area (Å²) in [4.78, 5) is 0. The monoisotopic (exact) mass is 154 g/mol. The Morgan fingerprint density at radius 2 is 1.40 bits per heavy atom. The Hall–Kier alpha value is -0.215. The molecule has 0 bridgehead atoms. The van der Waals surface area contributed by atoms with Crippen LogP contribution in [0.4, 0.5) is 17.6 Å². The fraction of sp³-hybridized carbons (Fsp3) is 1.00. The van der Waals surface area contributed by atoms with Gasteiger partial charge >= 0.3 is 6.18 Å². The van der Waals surface area contributed by atoms with Crippen LogP contribution in [-0.4, -0.2) is 19.6 Å². The molecule has 0 aromatic carbocycles. The molecule has 0 aliphatic carbocycles. The Morgan fingerprint density at radius 1 is 1.10 bits per heavy atom. The lowest BCUT2D eigenvalue weighted by atomic mass is 9.74. The number of halogens is 4. The molecule has 58 valence electrons. The average molecular weight is 154 g/mol. The van der Waals surface area contributed by atoms with Crippen LogP contribution in [0.25, 0.3) is 0 Å². The van der Waals surface area contributed by atoms with Crippen LogP contribution in [0, 0.1) is 5.92 Å². The summed E-state index contributed by atoms with van der Waals surface area (Å²) in [5.41, 5.74) is -3.56. The van der Waals surface area contributed by atoms with Gasteiger partial charge in [-0.05, 0) is 5.92 Å². The van der Waals surface area contributed by atoms with Gasteiger partial charge in [0, 0.05) is 0 Å². The van der Waals surface area contributed by atoms with Crippen molar-refractivity contribution in [2.45, 2.75) is 25.6 Å². The summed E-state index contributed by atoms with van der Waals surface area (Å²) in [6, 6.07) is 0. The van der Waals surface area contributed by atoms with Gasteiger partial charge in [0.2, 0.25) is 0 Å². The second-order valence-corrected chi connectivity index (χ2v) is 2.42. The van der Waals surface area contributed by atoms with Gasteiger partial charge in [0.25, 0.3) is 0 Å². The third-order valence-electron chi connectivity index (χ3n) is 1.27. The molecule has 1 unspecified atom stereocenters. The van der Waals surface area contributed by atoms with Gasteiger partial charge in [0.1, 0.15) is 7.85 Å². The van der Waals surface area contributed by atoms with Gasteiger partial charge in [-0.1, -0.05) is 13.8 Å². The van der Waals surface area contributed by atoms with Crippen LogP contribution in [-0.2, 0) is 0 Å². The topological polar surface area (TPSA) is 0 Å². The SMILES string of the molecule is [B]C(F)(C(C)C)C(F)(F)F. The Kier molecular flexibility index (Phi) is 2.38. The first-order valence-electron chi connectivity index (χ1n) is 2.74. The molecule has 0 aromatic rings. The van der Waals surface area contributed by atoms with Crippen LogP contribution in [0.15, 0.2) is 0 Å². The lowest BCUT2D eigenvalue weighted by molar-refractivity contribution is -0.210. The van der Waals surface area contributed by atoms with Gasteiger partial charge in [-0.25, -0.2) is 4.39 Å². The van der Waals surface area contributed by atoms with Crippen molar-refractivity contribution in [1.82, 2.24) is 0 Å². The van der Waals surface area contributed by atoms with E-state index in [1.54, 1.807) is 0 Å². The molecule has 0 rings (SSSR count). The largest absolute Gasteiger partial charge is 0.413 e. The van der Waals surface area contributed by atoms with Crippen molar-refractivity contribution in [2.24, 2.45) is 5.92 Å². The maximum atomic E-state index is 12.4. The number of hydrogen-bond acceptors (Lipinski definition) is 0. The Morgan fingerprint density at radius 3 is 1.40 bits per heavy atom. The molecule has 10 heavy (non-hydrogen) atoms. The zero-order valence-corrected chi connectivity index (χ0v) is 5.67. The van der Waals surface area contributed by atoms with E-state index in [0.717, 1.165) is 13.8 Å². The highest BCUT2D eigenvalue weighted by atomic mass is 19.4. The summed E-state index contributed by atoms with van der Waals surface area (Å²) in [6.45, 7) is 2.15. The first-order valence-corrected chi connectivity index (χ1v) is 2.74. The van der Waals surface area contributed by atoms with Crippen molar-refractivity contribution in [1.29, 1.82) is 0 Å². The lowest BCUT2D eigenvalue weighted by Crippen LogP contribution is -2.45. The van der Waals surface area contributed by atoms with E-state index >= 15 is 0 Å². The van der Waals surface area contributed by atoms with Crippen molar-refractivity contribution >= 4 is 7.85 Å². The fourth-order valence-electron chi connectivity index (χ4n) is 0.327. The smallest absolute Gasteiger partial charge is 0.245 e. The predicted octanol–water partition coefficient (Wildman–Crippen LogP) is 2.04. The molecule has 0 aliphatic rings. The number of alkyl halides is 4. The molecule has 0 spiro atoms. The molecular weight excluding hydrogens is 147 g/mol. The minimum atomic E-state index is -4.97. The Bertz CT molecular complexity index is 115. The maximum Gasteiger partial charge on any atom is 0.413 e. The maximum absolute atomic E-state index is 12.4. The van der Waals surface area contributed by atoms with Crippen molar-refractivity contribution in [3.63, 3.8) is 0 Å². The van der Waals surface area contributed by atoms with E-state index in [1.807, 2.05) is 0 Å². The summed E-state index contributed by atoms with van der Waals surface area (Å²) >= 11 is 0. The van der Waals surface area contributed by atoms with Crippen molar-refractivity contribution in [2.75, 3.05) is 0 Å². The van der Waals surface area contributed by atoms with Gasteiger partial charge < -0.3 is 0 Å². The summed E-state index contributed by atoms with van der Waals surface area (Å²) < 4.78 is 47.1. The normalized spacial score (nSPS) is 19.1. The minimum Gasteiger partial charge on any atom is -0.245 e. The molecule has 0 saturated heterocycles. The van der Waals surface area contributed by atoms with Crippen LogP contribution in [0.3, 0.4) is 0 Å². The number of rotatable bonds is 1. The second kappa shape index (κ2) is 2.44. The first-order chi connectivity index (χ1) is 4.19. The lowest BCUT2D eigenvalue weighted by Gasteiger charge is -2.27. The van der Waals surface area contributed by atoms with Crippen molar-refractivity contribution in [3.8, 4) is 0 Å². The van der Waals surface area contributed by atoms with Crippen LogP contribution in [0.5, 0.6) is 0 Å². The molecule has 2 radical (unpaired) electrons. The minimum absolute atomic E-state index is 1.08. The van der Waals surface area contributed by atoms with Gasteiger partial charge in [-0.3, -0.25) is 0 Å². The third-order valence-corrected chi connectivity index (χ3v) is 1.27. The Balaban J connectivity index is 4.40. The van der Waals surface area contributed by atoms with Crippen molar-refractivity contribution < 1.29 is 17.6 Å². The van der Waals surface area contributed by atoms with Gasteiger partial charge in [0.05, 0.1) is 0 Å². The molecule has 0 aliphatic heterocycles. The van der Waals surface area contributed by atoms with E-state index in [0.29, 0.717) is 0 Å². The molecule has 0 N–H and O–H groups in total. The highest BCUT2D eigenvalue weighted by molar-refractivity contribution is 6.15. The van der Waals surface area contributed by atoms with E-state index < -0.39 is 17.7 Å². The van der Waals surface area contributed by atoms with E-state index in [4.69, 9.17) is 0 Å². The molecule has 0 aromatic heterocycles. The molecule has 0 nitrogen and oxygen atoms in total. The summed E-state index contributed by atoms with van der Waals surface area (Å²) in [5.74, 6) is -1.26. The van der Waals surface area contributed by atoms with E-state index in [2.05, 4.69) is 7.85 Å². The molecule has 0 heterocycles. The standard InChI is InChI=1S/C5H7BF4/c1-3(2)4(6,7)5(8,9)10/h3H,1-2H3. The van der Waals surface area contributed by atoms with E-state index in [9.17, 15) is 17.6 Å². The summed E-state index contributed by atoms with van der Waals surface area (Å²) in [7, 11) is 4.34. The predicted molar refractivity (Wildman–Crippen MR) is 30.5 cm³/mol. The average Bonchev–Trinajstić information content (AvgIpc) is 1.62. The zero-order chi connectivity index (χ0) is 8.58. The zero-order valence-electron chi connectivity index (χ0n) is 5.67. The second-order valence-electron chi connectivity index (χ2n) is 2.42. The Labute approximate surface area is 58.0 Å². The third kappa shape index (κ3) is 1.64. The van der Waals surface area contributed by atoms with Crippen LogP contribution in [0.1, 0.15) is 13.8 Å².